The summed E-state index contributed by atoms with van der Waals surface area (Å²) in [4.78, 5) is 37.7. The van der Waals surface area contributed by atoms with Gasteiger partial charge in [-0.15, -0.1) is 0 Å². The highest BCUT2D eigenvalue weighted by Gasteiger charge is 2.23. The Hall–Kier alpha value is -3.26. The van der Waals surface area contributed by atoms with E-state index < -0.39 is 11.5 Å². The zero-order valence-electron chi connectivity index (χ0n) is 16.5. The first-order valence-corrected chi connectivity index (χ1v) is 10.1. The van der Waals surface area contributed by atoms with E-state index in [4.69, 9.17) is 4.74 Å². The smallest absolute Gasteiger partial charge is 0.327 e. The van der Waals surface area contributed by atoms with E-state index in [9.17, 15) is 14.4 Å². The van der Waals surface area contributed by atoms with Gasteiger partial charge in [-0.05, 0) is 38.1 Å². The molecule has 0 saturated heterocycles. The lowest BCUT2D eigenvalue weighted by Gasteiger charge is -2.16. The lowest BCUT2D eigenvalue weighted by molar-refractivity contribution is -0.144. The number of hydrogen-bond donors (Lipinski definition) is 1. The van der Waals surface area contributed by atoms with Crippen molar-refractivity contribution in [3.8, 4) is 11.3 Å². The van der Waals surface area contributed by atoms with Gasteiger partial charge < -0.3 is 10.1 Å². The molecule has 7 nitrogen and oxygen atoms in total. The van der Waals surface area contributed by atoms with Gasteiger partial charge in [0.25, 0.3) is 5.56 Å². The van der Waals surface area contributed by atoms with Crippen molar-refractivity contribution in [1.82, 2.24) is 9.78 Å². The number of ether oxygens (including phenoxy) is 1. The highest BCUT2D eigenvalue weighted by molar-refractivity contribution is 9.10. The van der Waals surface area contributed by atoms with Crippen LogP contribution in [0.4, 0.5) is 11.4 Å². The Bertz CT molecular complexity index is 1130. The molecule has 0 aliphatic carbocycles. The Morgan fingerprint density at radius 3 is 2.37 bits per heavy atom. The maximum Gasteiger partial charge on any atom is 0.327 e. The number of benzene rings is 2. The summed E-state index contributed by atoms with van der Waals surface area (Å²) < 4.78 is 6.86. The van der Waals surface area contributed by atoms with Crippen LogP contribution in [0.5, 0.6) is 0 Å². The van der Waals surface area contributed by atoms with Gasteiger partial charge in [-0.1, -0.05) is 46.3 Å². The van der Waals surface area contributed by atoms with Crippen LogP contribution in [-0.2, 0) is 16.1 Å². The second-order valence-electron chi connectivity index (χ2n) is 6.42. The fraction of sp³-hybridized carbons (Fsp3) is 0.182. The molecule has 3 rings (SSSR count). The molecule has 3 aromatic rings. The van der Waals surface area contributed by atoms with E-state index >= 15 is 0 Å². The lowest BCUT2D eigenvalue weighted by atomic mass is 10.0. The molecule has 0 aliphatic heterocycles. The van der Waals surface area contributed by atoms with E-state index in [1.54, 1.807) is 31.2 Å². The SMILES string of the molecule is CCOC(=O)Cn1nc(-c2ccccc2)c(C(C)=O)c(Nc2ccc(Br)cc2)c1=O. The maximum atomic E-state index is 13.2. The summed E-state index contributed by atoms with van der Waals surface area (Å²) in [5.74, 6) is -0.905. The predicted octanol–water partition coefficient (Wildman–Crippen LogP) is 4.18. The van der Waals surface area contributed by atoms with Crippen molar-refractivity contribution in [2.24, 2.45) is 0 Å². The number of nitrogens with one attached hydrogen (secondary N) is 1. The number of ketones is 1. The van der Waals surface area contributed by atoms with Crippen molar-refractivity contribution in [3.63, 3.8) is 0 Å². The van der Waals surface area contributed by atoms with Crippen molar-refractivity contribution >= 4 is 39.1 Å². The number of carbonyl (C=O) groups is 2. The third-order valence-electron chi connectivity index (χ3n) is 4.25. The normalized spacial score (nSPS) is 10.5. The highest BCUT2D eigenvalue weighted by Crippen LogP contribution is 2.28. The summed E-state index contributed by atoms with van der Waals surface area (Å²) >= 11 is 3.37. The second kappa shape index (κ2) is 9.49. The number of Topliss-reactive ketones (excluding diaryl/α,β-unsaturated/α-hetero) is 1. The minimum atomic E-state index is -0.587. The first-order chi connectivity index (χ1) is 14.4. The fourth-order valence-electron chi connectivity index (χ4n) is 2.94. The van der Waals surface area contributed by atoms with Crippen molar-refractivity contribution < 1.29 is 14.3 Å². The molecule has 1 aromatic heterocycles. The first-order valence-electron chi connectivity index (χ1n) is 9.30. The first kappa shape index (κ1) is 21.4. The van der Waals surface area contributed by atoms with Gasteiger partial charge in [-0.25, -0.2) is 4.68 Å². The summed E-state index contributed by atoms with van der Waals surface area (Å²) in [6, 6.07) is 16.2. The van der Waals surface area contributed by atoms with Crippen molar-refractivity contribution in [2.45, 2.75) is 20.4 Å². The Balaban J connectivity index is 2.23. The van der Waals surface area contributed by atoms with E-state index in [-0.39, 0.29) is 30.2 Å². The summed E-state index contributed by atoms with van der Waals surface area (Å²) in [6.07, 6.45) is 0. The average molecular weight is 470 g/mol. The molecule has 2 aromatic carbocycles. The van der Waals surface area contributed by atoms with Gasteiger partial charge in [0.2, 0.25) is 0 Å². The van der Waals surface area contributed by atoms with Crippen LogP contribution >= 0.6 is 15.9 Å². The number of halogens is 1. The standard InChI is InChI=1S/C22H20BrN3O4/c1-3-30-18(28)13-26-22(29)21(24-17-11-9-16(23)10-12-17)19(14(2)27)20(25-26)15-7-5-4-6-8-15/h4-12,24H,3,13H2,1-2H3. The Morgan fingerprint density at radius 2 is 1.77 bits per heavy atom. The van der Waals surface area contributed by atoms with Crippen molar-refractivity contribution in [1.29, 1.82) is 0 Å². The second-order valence-corrected chi connectivity index (χ2v) is 7.34. The molecular formula is C22H20BrN3O4. The third kappa shape index (κ3) is 4.83. The van der Waals surface area contributed by atoms with Gasteiger partial charge in [0.05, 0.1) is 12.2 Å². The number of carbonyl (C=O) groups excluding carboxylic acids is 2. The minimum Gasteiger partial charge on any atom is -0.465 e. The Labute approximate surface area is 181 Å². The molecule has 0 unspecified atom stereocenters. The zero-order chi connectivity index (χ0) is 21.7. The average Bonchev–Trinajstić information content (AvgIpc) is 2.73. The van der Waals surface area contributed by atoms with Crippen LogP contribution in [0.2, 0.25) is 0 Å². The van der Waals surface area contributed by atoms with Gasteiger partial charge >= 0.3 is 5.97 Å². The molecule has 154 valence electrons. The third-order valence-corrected chi connectivity index (χ3v) is 4.78. The molecule has 0 bridgehead atoms. The van der Waals surface area contributed by atoms with E-state index in [2.05, 4.69) is 26.3 Å². The number of hydrogen-bond acceptors (Lipinski definition) is 6. The van der Waals surface area contributed by atoms with E-state index in [0.29, 0.717) is 16.9 Å². The monoisotopic (exact) mass is 469 g/mol. The summed E-state index contributed by atoms with van der Waals surface area (Å²) in [5.41, 5.74) is 1.21. The van der Waals surface area contributed by atoms with Crippen LogP contribution in [0, 0.1) is 0 Å². The molecule has 8 heteroatoms. The van der Waals surface area contributed by atoms with Crippen LogP contribution < -0.4 is 10.9 Å². The van der Waals surface area contributed by atoms with Gasteiger partial charge in [0, 0.05) is 15.7 Å². The number of rotatable bonds is 7. The number of aromatic nitrogens is 2. The fourth-order valence-corrected chi connectivity index (χ4v) is 3.21. The molecule has 0 saturated carbocycles. The number of esters is 1. The lowest BCUT2D eigenvalue weighted by Crippen LogP contribution is -2.31. The molecule has 0 atom stereocenters. The molecule has 0 fully saturated rings. The molecule has 0 aliphatic rings. The van der Waals surface area contributed by atoms with Crippen LogP contribution in [0.1, 0.15) is 24.2 Å². The van der Waals surface area contributed by atoms with Gasteiger partial charge in [0.1, 0.15) is 17.9 Å². The zero-order valence-corrected chi connectivity index (χ0v) is 18.1. The molecular weight excluding hydrogens is 450 g/mol. The quantitative estimate of drug-likeness (QED) is 0.412. The van der Waals surface area contributed by atoms with E-state index in [0.717, 1.165) is 9.15 Å². The van der Waals surface area contributed by atoms with Crippen LogP contribution in [0.3, 0.4) is 0 Å². The van der Waals surface area contributed by atoms with Gasteiger partial charge in [-0.2, -0.15) is 5.10 Å². The largest absolute Gasteiger partial charge is 0.465 e. The number of nitrogens with zero attached hydrogens (tertiary/aromatic N) is 2. The molecule has 0 spiro atoms. The molecule has 0 amide bonds. The molecule has 1 N–H and O–H groups in total. The summed E-state index contributed by atoms with van der Waals surface area (Å²) in [5, 5.41) is 7.38. The molecule has 30 heavy (non-hydrogen) atoms. The minimum absolute atomic E-state index is 0.0583. The van der Waals surface area contributed by atoms with Crippen molar-refractivity contribution in [2.75, 3.05) is 11.9 Å². The van der Waals surface area contributed by atoms with E-state index in [1.165, 1.54) is 6.92 Å². The van der Waals surface area contributed by atoms with E-state index in [1.807, 2.05) is 30.3 Å². The van der Waals surface area contributed by atoms with Crippen LogP contribution in [0.25, 0.3) is 11.3 Å². The summed E-state index contributed by atoms with van der Waals surface area (Å²) in [6.45, 7) is 2.89. The highest BCUT2D eigenvalue weighted by atomic mass is 79.9. The molecule has 0 radical (unpaired) electrons. The summed E-state index contributed by atoms with van der Waals surface area (Å²) in [7, 11) is 0. The molecule has 1 heterocycles. The van der Waals surface area contributed by atoms with Gasteiger partial charge in [0.15, 0.2) is 5.78 Å². The Morgan fingerprint density at radius 1 is 1.10 bits per heavy atom. The van der Waals surface area contributed by atoms with Crippen LogP contribution in [0.15, 0.2) is 63.9 Å². The topological polar surface area (TPSA) is 90.3 Å². The predicted molar refractivity (Wildman–Crippen MR) is 118 cm³/mol. The van der Waals surface area contributed by atoms with Crippen molar-refractivity contribution in [3.05, 3.63) is 75.0 Å². The van der Waals surface area contributed by atoms with Gasteiger partial charge in [-0.3, -0.25) is 14.4 Å². The van der Waals surface area contributed by atoms with Crippen LogP contribution in [-0.4, -0.2) is 28.1 Å². The maximum absolute atomic E-state index is 13.2. The Kier molecular flexibility index (Phi) is 6.79. The number of anilines is 2.